The lowest BCUT2D eigenvalue weighted by Crippen LogP contribution is -2.36. The zero-order chi connectivity index (χ0) is 19.3. The van der Waals surface area contributed by atoms with Gasteiger partial charge < -0.3 is 19.5 Å². The summed E-state index contributed by atoms with van der Waals surface area (Å²) in [6.07, 6.45) is 9.73. The van der Waals surface area contributed by atoms with Crippen molar-refractivity contribution in [3.63, 3.8) is 0 Å². The fourth-order valence-electron chi connectivity index (χ4n) is 4.66. The van der Waals surface area contributed by atoms with E-state index >= 15 is 0 Å². The Bertz CT molecular complexity index is 687. The van der Waals surface area contributed by atoms with Crippen molar-refractivity contribution in [2.45, 2.75) is 64.4 Å². The average Bonchev–Trinajstić information content (AvgIpc) is 3.46. The fraction of sp³-hybridized carbons (Fsp3) is 0.609. The van der Waals surface area contributed by atoms with Gasteiger partial charge in [-0.3, -0.25) is 4.79 Å². The number of carbonyl (C=O) groups excluding carboxylic acids is 1. The van der Waals surface area contributed by atoms with Crippen LogP contribution in [0.3, 0.4) is 0 Å². The first-order valence-corrected chi connectivity index (χ1v) is 10.7. The molecule has 1 saturated heterocycles. The van der Waals surface area contributed by atoms with Gasteiger partial charge in [-0.15, -0.1) is 0 Å². The van der Waals surface area contributed by atoms with Crippen LogP contribution in [0.25, 0.3) is 0 Å². The van der Waals surface area contributed by atoms with Crippen LogP contribution >= 0.6 is 0 Å². The molecule has 1 aliphatic carbocycles. The Labute approximate surface area is 167 Å². The molecule has 152 valence electrons. The summed E-state index contributed by atoms with van der Waals surface area (Å²) in [6, 6.07) is 7.75. The number of hydrogen-bond donors (Lipinski definition) is 1. The van der Waals surface area contributed by atoms with Crippen molar-refractivity contribution in [3.05, 3.63) is 47.2 Å². The molecule has 1 saturated carbocycles. The van der Waals surface area contributed by atoms with Crippen molar-refractivity contribution in [2.24, 2.45) is 11.8 Å². The van der Waals surface area contributed by atoms with Gasteiger partial charge in [0.1, 0.15) is 0 Å². The molecular formula is C23H31NO4. The summed E-state index contributed by atoms with van der Waals surface area (Å²) in [6.45, 7) is 2.15. The molecular weight excluding hydrogens is 354 g/mol. The number of ether oxygens (including phenoxy) is 2. The molecule has 0 unspecified atom stereocenters. The summed E-state index contributed by atoms with van der Waals surface area (Å²) < 4.78 is 12.1. The average molecular weight is 386 g/mol. The van der Waals surface area contributed by atoms with E-state index in [1.54, 1.807) is 0 Å². The van der Waals surface area contributed by atoms with Gasteiger partial charge in [0, 0.05) is 19.5 Å². The number of likely N-dealkylation sites (tertiary alicyclic amines) is 1. The van der Waals surface area contributed by atoms with Gasteiger partial charge in [0.05, 0.1) is 13.2 Å². The number of carbonyl (C=O) groups is 1. The first kappa shape index (κ1) is 19.5. The second kappa shape index (κ2) is 9.10. The zero-order valence-electron chi connectivity index (χ0n) is 16.5. The number of hydrogen-bond acceptors (Lipinski definition) is 4. The van der Waals surface area contributed by atoms with Gasteiger partial charge in [-0.05, 0) is 54.7 Å². The molecule has 5 heteroatoms. The highest BCUT2D eigenvalue weighted by Gasteiger charge is 2.35. The molecule has 3 aliphatic rings. The quantitative estimate of drug-likeness (QED) is 0.810. The number of allylic oxidation sites excluding steroid dienone is 1. The molecule has 1 aromatic carbocycles. The predicted molar refractivity (Wildman–Crippen MR) is 106 cm³/mol. The van der Waals surface area contributed by atoms with Gasteiger partial charge in [-0.1, -0.05) is 37.1 Å². The van der Waals surface area contributed by atoms with Crippen LogP contribution in [0.4, 0.5) is 0 Å². The highest BCUT2D eigenvalue weighted by Crippen LogP contribution is 2.38. The largest absolute Gasteiger partial charge is 0.459 e. The van der Waals surface area contributed by atoms with Crippen molar-refractivity contribution < 1.29 is 19.4 Å². The molecule has 5 nitrogen and oxygen atoms in total. The van der Waals surface area contributed by atoms with Crippen molar-refractivity contribution >= 4 is 5.91 Å². The van der Waals surface area contributed by atoms with E-state index in [0.717, 1.165) is 43.5 Å². The maximum absolute atomic E-state index is 12.9. The number of rotatable bonds is 6. The molecule has 0 aromatic heterocycles. The topological polar surface area (TPSA) is 59.0 Å². The van der Waals surface area contributed by atoms with Gasteiger partial charge in [-0.2, -0.15) is 0 Å². The van der Waals surface area contributed by atoms with E-state index in [9.17, 15) is 9.90 Å². The maximum atomic E-state index is 12.9. The molecule has 2 heterocycles. The summed E-state index contributed by atoms with van der Waals surface area (Å²) in [5, 5.41) is 9.17. The minimum absolute atomic E-state index is 0.0288. The van der Waals surface area contributed by atoms with E-state index in [4.69, 9.17) is 9.47 Å². The third kappa shape index (κ3) is 4.58. The van der Waals surface area contributed by atoms with Gasteiger partial charge in [0.2, 0.25) is 6.29 Å². The SMILES string of the molecule is O=C(C1=C[C@@H](C2CCCC2)C[C@@H](OCc2ccc(CO)cc2)O1)N1CCCC1. The van der Waals surface area contributed by atoms with Crippen LogP contribution in [0.2, 0.25) is 0 Å². The minimum Gasteiger partial charge on any atom is -0.459 e. The molecule has 0 bridgehead atoms. The van der Waals surface area contributed by atoms with Crippen molar-refractivity contribution in [3.8, 4) is 0 Å². The lowest BCUT2D eigenvalue weighted by Gasteiger charge is -2.33. The number of nitrogens with zero attached hydrogens (tertiary/aromatic N) is 1. The third-order valence-electron chi connectivity index (χ3n) is 6.34. The smallest absolute Gasteiger partial charge is 0.288 e. The molecule has 1 amide bonds. The van der Waals surface area contributed by atoms with Gasteiger partial charge in [0.25, 0.3) is 5.91 Å². The molecule has 28 heavy (non-hydrogen) atoms. The Balaban J connectivity index is 1.43. The Morgan fingerprint density at radius 3 is 2.43 bits per heavy atom. The Kier molecular flexibility index (Phi) is 6.33. The second-order valence-corrected chi connectivity index (χ2v) is 8.31. The second-order valence-electron chi connectivity index (χ2n) is 8.31. The standard InChI is InChI=1S/C23H31NO4/c25-15-17-7-9-18(10-8-17)16-27-22-14-20(19-5-1-2-6-19)13-21(28-22)23(26)24-11-3-4-12-24/h7-10,13,19-20,22,25H,1-6,11-12,14-16H2/t20-,22+/m1/s1. The predicted octanol–water partition coefficient (Wildman–Crippen LogP) is 3.75. The molecule has 2 aliphatic heterocycles. The van der Waals surface area contributed by atoms with Crippen LogP contribution in [0.5, 0.6) is 0 Å². The van der Waals surface area contributed by atoms with Crippen molar-refractivity contribution in [1.29, 1.82) is 0 Å². The van der Waals surface area contributed by atoms with Crippen LogP contribution in [-0.4, -0.2) is 35.3 Å². The summed E-state index contributed by atoms with van der Waals surface area (Å²) in [4.78, 5) is 14.8. The Morgan fingerprint density at radius 2 is 1.75 bits per heavy atom. The van der Waals surface area contributed by atoms with Crippen LogP contribution in [0.1, 0.15) is 56.1 Å². The number of aliphatic hydroxyl groups is 1. The molecule has 2 fully saturated rings. The van der Waals surface area contributed by atoms with Crippen LogP contribution < -0.4 is 0 Å². The molecule has 1 aromatic rings. The lowest BCUT2D eigenvalue weighted by molar-refractivity contribution is -0.159. The number of benzene rings is 1. The van der Waals surface area contributed by atoms with Gasteiger partial charge >= 0.3 is 0 Å². The fourth-order valence-corrected chi connectivity index (χ4v) is 4.66. The van der Waals surface area contributed by atoms with Crippen molar-refractivity contribution in [1.82, 2.24) is 4.90 Å². The monoisotopic (exact) mass is 385 g/mol. The first-order chi connectivity index (χ1) is 13.7. The van der Waals surface area contributed by atoms with Gasteiger partial charge in [-0.25, -0.2) is 0 Å². The lowest BCUT2D eigenvalue weighted by atomic mass is 9.86. The van der Waals surface area contributed by atoms with E-state index in [1.165, 1.54) is 25.7 Å². The van der Waals surface area contributed by atoms with Crippen LogP contribution in [-0.2, 0) is 27.5 Å². The maximum Gasteiger partial charge on any atom is 0.288 e. The van der Waals surface area contributed by atoms with Crippen LogP contribution in [0, 0.1) is 11.8 Å². The van der Waals surface area contributed by atoms with E-state index in [-0.39, 0.29) is 18.8 Å². The Hall–Kier alpha value is -1.85. The highest BCUT2D eigenvalue weighted by atomic mass is 16.7. The first-order valence-electron chi connectivity index (χ1n) is 10.7. The molecule has 1 N–H and O–H groups in total. The summed E-state index contributed by atoms with van der Waals surface area (Å²) in [5.41, 5.74) is 1.93. The highest BCUT2D eigenvalue weighted by molar-refractivity contribution is 5.91. The van der Waals surface area contributed by atoms with E-state index in [0.29, 0.717) is 24.2 Å². The molecule has 2 atom stereocenters. The minimum atomic E-state index is -0.380. The molecule has 0 radical (unpaired) electrons. The molecule has 4 rings (SSSR count). The Morgan fingerprint density at radius 1 is 1.07 bits per heavy atom. The number of aliphatic hydroxyl groups excluding tert-OH is 1. The summed E-state index contributed by atoms with van der Waals surface area (Å²) >= 11 is 0. The van der Waals surface area contributed by atoms with E-state index in [2.05, 4.69) is 6.08 Å². The summed E-state index contributed by atoms with van der Waals surface area (Å²) in [5.74, 6) is 1.52. The third-order valence-corrected chi connectivity index (χ3v) is 6.34. The summed E-state index contributed by atoms with van der Waals surface area (Å²) in [7, 11) is 0. The van der Waals surface area contributed by atoms with E-state index in [1.807, 2.05) is 29.2 Å². The molecule has 0 spiro atoms. The van der Waals surface area contributed by atoms with Gasteiger partial charge in [0.15, 0.2) is 5.76 Å². The number of amides is 1. The van der Waals surface area contributed by atoms with Crippen LogP contribution in [0.15, 0.2) is 36.1 Å². The van der Waals surface area contributed by atoms with E-state index < -0.39 is 0 Å². The normalized spacial score (nSPS) is 25.6. The van der Waals surface area contributed by atoms with Crippen molar-refractivity contribution in [2.75, 3.05) is 13.1 Å². The zero-order valence-corrected chi connectivity index (χ0v) is 16.5.